The van der Waals surface area contributed by atoms with Crippen molar-refractivity contribution >= 4 is 29.2 Å². The third-order valence-corrected chi connectivity index (χ3v) is 3.79. The summed E-state index contributed by atoms with van der Waals surface area (Å²) < 4.78 is 4.67. The number of carbonyl (C=O) groups is 2. The Bertz CT molecular complexity index is 604. The van der Waals surface area contributed by atoms with Gasteiger partial charge in [-0.05, 0) is 18.9 Å². The highest BCUT2D eigenvalue weighted by molar-refractivity contribution is 6.35. The molecule has 0 aliphatic carbocycles. The highest BCUT2D eigenvalue weighted by atomic mass is 35.5. The molecular weight excluding hydrogens is 300 g/mol. The van der Waals surface area contributed by atoms with Gasteiger partial charge in [0.2, 0.25) is 0 Å². The lowest BCUT2D eigenvalue weighted by Crippen LogP contribution is -2.41. The van der Waals surface area contributed by atoms with Gasteiger partial charge in [0.1, 0.15) is 11.1 Å². The van der Waals surface area contributed by atoms with Crippen LogP contribution in [0.3, 0.4) is 0 Å². The van der Waals surface area contributed by atoms with Crippen LogP contribution in [0.5, 0.6) is 0 Å². The molecule has 1 aliphatic heterocycles. The fourth-order valence-corrected chi connectivity index (χ4v) is 2.65. The largest absolute Gasteiger partial charge is 0.467 e. The number of esters is 1. The Hall–Kier alpha value is -2.15. The summed E-state index contributed by atoms with van der Waals surface area (Å²) in [5.41, 5.74) is -0.321. The van der Waals surface area contributed by atoms with Crippen LogP contribution in [-0.2, 0) is 9.53 Å². The van der Waals surface area contributed by atoms with Gasteiger partial charge in [-0.15, -0.1) is 0 Å². The molecule has 21 heavy (non-hydrogen) atoms. The lowest BCUT2D eigenvalue weighted by atomic mass is 10.1. The third-order valence-electron chi connectivity index (χ3n) is 3.39. The normalized spacial score (nSPS) is 17.6. The van der Waals surface area contributed by atoms with E-state index in [4.69, 9.17) is 11.6 Å². The molecule has 1 heterocycles. The first-order chi connectivity index (χ1) is 9.97. The molecule has 1 fully saturated rings. The van der Waals surface area contributed by atoms with E-state index in [1.165, 1.54) is 30.2 Å². The Morgan fingerprint density at radius 1 is 1.48 bits per heavy atom. The molecule has 1 aliphatic rings. The molecule has 0 spiro atoms. The number of benzene rings is 1. The molecule has 0 bridgehead atoms. The van der Waals surface area contributed by atoms with Crippen LogP contribution < -0.4 is 0 Å². The molecule has 2 rings (SSSR count). The Balaban J connectivity index is 2.34. The van der Waals surface area contributed by atoms with Gasteiger partial charge in [-0.25, -0.2) is 4.79 Å². The monoisotopic (exact) mass is 312 g/mol. The van der Waals surface area contributed by atoms with Gasteiger partial charge in [0, 0.05) is 12.6 Å². The first kappa shape index (κ1) is 15.2. The van der Waals surface area contributed by atoms with E-state index in [1.54, 1.807) is 0 Å². The van der Waals surface area contributed by atoms with Crippen LogP contribution >= 0.6 is 11.6 Å². The smallest absolute Gasteiger partial charge is 0.328 e. The van der Waals surface area contributed by atoms with E-state index in [0.717, 1.165) is 0 Å². The Kier molecular flexibility index (Phi) is 4.42. The Labute approximate surface area is 125 Å². The predicted octanol–water partition coefficient (Wildman–Crippen LogP) is 2.03. The number of nitro benzene ring substituents is 1. The van der Waals surface area contributed by atoms with E-state index in [0.29, 0.717) is 19.4 Å². The molecule has 1 amide bonds. The average Bonchev–Trinajstić information content (AvgIpc) is 2.95. The van der Waals surface area contributed by atoms with Crippen molar-refractivity contribution in [1.29, 1.82) is 0 Å². The van der Waals surface area contributed by atoms with Crippen LogP contribution in [0.2, 0.25) is 5.02 Å². The topological polar surface area (TPSA) is 89.8 Å². The number of methoxy groups -OCH3 is 1. The van der Waals surface area contributed by atoms with Crippen molar-refractivity contribution in [2.45, 2.75) is 18.9 Å². The molecule has 1 aromatic carbocycles. The quantitative estimate of drug-likeness (QED) is 0.484. The number of carbonyl (C=O) groups excluding carboxylic acids is 2. The molecule has 0 unspecified atom stereocenters. The van der Waals surface area contributed by atoms with E-state index < -0.39 is 22.8 Å². The Morgan fingerprint density at radius 3 is 2.81 bits per heavy atom. The number of nitrogens with zero attached hydrogens (tertiary/aromatic N) is 2. The molecule has 1 atom stereocenters. The molecule has 1 aromatic rings. The fraction of sp³-hybridized carbons (Fsp3) is 0.385. The number of hydrogen-bond donors (Lipinski definition) is 0. The lowest BCUT2D eigenvalue weighted by molar-refractivity contribution is -0.384. The van der Waals surface area contributed by atoms with Gasteiger partial charge in [-0.2, -0.15) is 0 Å². The van der Waals surface area contributed by atoms with Gasteiger partial charge in [0.25, 0.3) is 11.6 Å². The van der Waals surface area contributed by atoms with Gasteiger partial charge < -0.3 is 9.64 Å². The number of rotatable bonds is 3. The van der Waals surface area contributed by atoms with Crippen molar-refractivity contribution in [2.24, 2.45) is 0 Å². The molecule has 7 nitrogen and oxygen atoms in total. The SMILES string of the molecule is COC(=O)[C@@H]1CCCN1C(=O)c1cccc([N+](=O)[O-])c1Cl. The first-order valence-corrected chi connectivity index (χ1v) is 6.67. The third kappa shape index (κ3) is 2.82. The molecule has 8 heteroatoms. The number of amides is 1. The number of likely N-dealkylation sites (tertiary alicyclic amines) is 1. The maximum absolute atomic E-state index is 12.5. The molecular formula is C13H13ClN2O5. The van der Waals surface area contributed by atoms with Gasteiger partial charge >= 0.3 is 5.97 Å². The van der Waals surface area contributed by atoms with Gasteiger partial charge in [-0.1, -0.05) is 17.7 Å². The minimum atomic E-state index is -0.669. The number of halogens is 1. The Morgan fingerprint density at radius 2 is 2.19 bits per heavy atom. The summed E-state index contributed by atoms with van der Waals surface area (Å²) in [6, 6.07) is 3.35. The second-order valence-electron chi connectivity index (χ2n) is 4.58. The summed E-state index contributed by atoms with van der Waals surface area (Å²) in [7, 11) is 1.25. The van der Waals surface area contributed by atoms with Gasteiger partial charge in [0.05, 0.1) is 17.6 Å². The van der Waals surface area contributed by atoms with Crippen LogP contribution in [0, 0.1) is 10.1 Å². The van der Waals surface area contributed by atoms with E-state index in [9.17, 15) is 19.7 Å². The van der Waals surface area contributed by atoms with E-state index in [-0.39, 0.29) is 16.3 Å². The molecule has 0 radical (unpaired) electrons. The van der Waals surface area contributed by atoms with Crippen LogP contribution in [0.25, 0.3) is 0 Å². The van der Waals surface area contributed by atoms with Crippen molar-refractivity contribution in [3.05, 3.63) is 38.9 Å². The van der Waals surface area contributed by atoms with Crippen molar-refractivity contribution in [3.8, 4) is 0 Å². The lowest BCUT2D eigenvalue weighted by Gasteiger charge is -2.23. The maximum atomic E-state index is 12.5. The highest BCUT2D eigenvalue weighted by Gasteiger charge is 2.36. The van der Waals surface area contributed by atoms with Crippen molar-refractivity contribution in [1.82, 2.24) is 4.90 Å². The summed E-state index contributed by atoms with van der Waals surface area (Å²) in [4.78, 5) is 35.7. The molecule has 0 aromatic heterocycles. The number of hydrogen-bond acceptors (Lipinski definition) is 5. The fourth-order valence-electron chi connectivity index (χ4n) is 2.37. The van der Waals surface area contributed by atoms with Crippen molar-refractivity contribution < 1.29 is 19.2 Å². The molecule has 0 saturated carbocycles. The van der Waals surface area contributed by atoms with Crippen LogP contribution in [0.15, 0.2) is 18.2 Å². The zero-order chi connectivity index (χ0) is 15.6. The maximum Gasteiger partial charge on any atom is 0.328 e. The summed E-state index contributed by atoms with van der Waals surface area (Å²) in [5.74, 6) is -1.00. The van der Waals surface area contributed by atoms with Crippen molar-refractivity contribution in [3.63, 3.8) is 0 Å². The first-order valence-electron chi connectivity index (χ1n) is 6.29. The second kappa shape index (κ2) is 6.09. The number of nitro groups is 1. The predicted molar refractivity (Wildman–Crippen MR) is 74.2 cm³/mol. The van der Waals surface area contributed by atoms with E-state index in [1.807, 2.05) is 0 Å². The second-order valence-corrected chi connectivity index (χ2v) is 4.95. The molecule has 1 saturated heterocycles. The van der Waals surface area contributed by atoms with Crippen LogP contribution in [-0.4, -0.2) is 41.4 Å². The van der Waals surface area contributed by atoms with E-state index in [2.05, 4.69) is 4.74 Å². The minimum absolute atomic E-state index is 0.0154. The summed E-state index contributed by atoms with van der Waals surface area (Å²) in [6.45, 7) is 0.387. The summed E-state index contributed by atoms with van der Waals surface area (Å²) in [5, 5.41) is 10.6. The van der Waals surface area contributed by atoms with Crippen LogP contribution in [0.4, 0.5) is 5.69 Å². The summed E-state index contributed by atoms with van der Waals surface area (Å²) >= 11 is 5.93. The molecule has 112 valence electrons. The van der Waals surface area contributed by atoms with Crippen molar-refractivity contribution in [2.75, 3.05) is 13.7 Å². The zero-order valence-corrected chi connectivity index (χ0v) is 12.0. The summed E-state index contributed by atoms with van der Waals surface area (Å²) in [6.07, 6.45) is 1.17. The van der Waals surface area contributed by atoms with Gasteiger partial charge in [0.15, 0.2) is 0 Å². The van der Waals surface area contributed by atoms with Gasteiger partial charge in [-0.3, -0.25) is 14.9 Å². The highest BCUT2D eigenvalue weighted by Crippen LogP contribution is 2.30. The van der Waals surface area contributed by atoms with Crippen LogP contribution in [0.1, 0.15) is 23.2 Å². The minimum Gasteiger partial charge on any atom is -0.467 e. The van der Waals surface area contributed by atoms with E-state index >= 15 is 0 Å². The average molecular weight is 313 g/mol. The zero-order valence-electron chi connectivity index (χ0n) is 11.2. The standard InChI is InChI=1S/C13H13ClN2O5/c1-21-13(18)10-6-3-7-15(10)12(17)8-4-2-5-9(11(8)14)16(19)20/h2,4-5,10H,3,6-7H2,1H3/t10-/m0/s1. The molecule has 0 N–H and O–H groups in total. The number of ether oxygens (including phenoxy) is 1.